The van der Waals surface area contributed by atoms with Crippen molar-refractivity contribution in [2.75, 3.05) is 0 Å². The molecule has 0 amide bonds. The lowest BCUT2D eigenvalue weighted by Crippen LogP contribution is -2.26. The Bertz CT molecular complexity index is 290. The first-order chi connectivity index (χ1) is 6.22. The monoisotopic (exact) mass is 180 g/mol. The Kier molecular flexibility index (Phi) is 3.22. The van der Waals surface area contributed by atoms with E-state index in [-0.39, 0.29) is 6.04 Å². The molecule has 3 N–H and O–H groups in total. The van der Waals surface area contributed by atoms with Gasteiger partial charge in [0.05, 0.1) is 11.7 Å². The molecule has 0 aliphatic heterocycles. The third kappa shape index (κ3) is 1.96. The van der Waals surface area contributed by atoms with Crippen molar-refractivity contribution in [1.82, 2.24) is 15.2 Å². The second kappa shape index (κ2) is 4.20. The Morgan fingerprint density at radius 3 is 3.00 bits per heavy atom. The highest BCUT2D eigenvalue weighted by Gasteiger charge is 2.12. The van der Waals surface area contributed by atoms with Gasteiger partial charge in [-0.15, -0.1) is 6.58 Å². The summed E-state index contributed by atoms with van der Waals surface area (Å²) in [5.74, 6) is 5.39. The second-order valence-electron chi connectivity index (χ2n) is 2.94. The highest BCUT2D eigenvalue weighted by atomic mass is 15.3. The molecule has 0 bridgehead atoms. The third-order valence-corrected chi connectivity index (χ3v) is 2.02. The van der Waals surface area contributed by atoms with Gasteiger partial charge in [-0.3, -0.25) is 10.5 Å². The predicted octanol–water partition coefficient (Wildman–Crippen LogP) is 0.673. The van der Waals surface area contributed by atoms with E-state index in [0.29, 0.717) is 0 Å². The van der Waals surface area contributed by atoms with Gasteiger partial charge in [0.25, 0.3) is 0 Å². The van der Waals surface area contributed by atoms with Crippen molar-refractivity contribution in [3.8, 4) is 0 Å². The zero-order chi connectivity index (χ0) is 9.84. The van der Waals surface area contributed by atoms with E-state index < -0.39 is 0 Å². The molecule has 4 nitrogen and oxygen atoms in total. The largest absolute Gasteiger partial charge is 0.275 e. The lowest BCUT2D eigenvalue weighted by atomic mass is 10.1. The summed E-state index contributed by atoms with van der Waals surface area (Å²) in [5, 5.41) is 4.32. The zero-order valence-electron chi connectivity index (χ0n) is 8.12. The molecule has 4 heteroatoms. The maximum absolute atomic E-state index is 5.39. The highest BCUT2D eigenvalue weighted by molar-refractivity contribution is 5.24. The molecule has 1 rings (SSSR count). The van der Waals surface area contributed by atoms with E-state index in [4.69, 9.17) is 5.84 Å². The molecule has 0 aromatic carbocycles. The van der Waals surface area contributed by atoms with Gasteiger partial charge in [0.2, 0.25) is 0 Å². The van der Waals surface area contributed by atoms with Gasteiger partial charge in [0.15, 0.2) is 0 Å². The highest BCUT2D eigenvalue weighted by Crippen LogP contribution is 2.17. The van der Waals surface area contributed by atoms with E-state index in [0.717, 1.165) is 17.7 Å². The zero-order valence-corrected chi connectivity index (χ0v) is 8.12. The summed E-state index contributed by atoms with van der Waals surface area (Å²) >= 11 is 0. The van der Waals surface area contributed by atoms with Crippen molar-refractivity contribution in [3.63, 3.8) is 0 Å². The summed E-state index contributed by atoms with van der Waals surface area (Å²) in [6.45, 7) is 5.79. The molecule has 1 unspecified atom stereocenters. The predicted molar refractivity (Wildman–Crippen MR) is 52.8 cm³/mol. The molecule has 72 valence electrons. The fraction of sp³-hybridized carbons (Fsp3) is 0.444. The van der Waals surface area contributed by atoms with Gasteiger partial charge in [-0.1, -0.05) is 13.0 Å². The number of rotatable bonds is 4. The smallest absolute Gasteiger partial charge is 0.0673 e. The Morgan fingerprint density at radius 2 is 2.54 bits per heavy atom. The summed E-state index contributed by atoms with van der Waals surface area (Å²) in [6.07, 6.45) is 4.64. The van der Waals surface area contributed by atoms with Crippen LogP contribution in [0.2, 0.25) is 0 Å². The van der Waals surface area contributed by atoms with E-state index in [1.54, 1.807) is 10.8 Å². The van der Waals surface area contributed by atoms with Crippen LogP contribution in [0.3, 0.4) is 0 Å². The maximum atomic E-state index is 5.39. The Hall–Kier alpha value is -1.13. The summed E-state index contributed by atoms with van der Waals surface area (Å²) in [5.41, 5.74) is 4.84. The molecule has 0 radical (unpaired) electrons. The SMILES string of the molecule is C=CC(NN)c1cn(C)nc1CC. The molecular weight excluding hydrogens is 164 g/mol. The van der Waals surface area contributed by atoms with Crippen molar-refractivity contribution >= 4 is 0 Å². The van der Waals surface area contributed by atoms with Crippen molar-refractivity contribution in [2.45, 2.75) is 19.4 Å². The number of hydrazine groups is 1. The van der Waals surface area contributed by atoms with Crippen LogP contribution in [0.4, 0.5) is 0 Å². The minimum Gasteiger partial charge on any atom is -0.275 e. The molecule has 1 aromatic rings. The average Bonchev–Trinajstić information content (AvgIpc) is 2.49. The van der Waals surface area contributed by atoms with E-state index in [1.807, 2.05) is 13.2 Å². The van der Waals surface area contributed by atoms with Gasteiger partial charge < -0.3 is 0 Å². The molecule has 1 atom stereocenters. The van der Waals surface area contributed by atoms with E-state index in [9.17, 15) is 0 Å². The van der Waals surface area contributed by atoms with Gasteiger partial charge in [-0.25, -0.2) is 5.43 Å². The van der Waals surface area contributed by atoms with Crippen LogP contribution in [0.15, 0.2) is 18.9 Å². The average molecular weight is 180 g/mol. The van der Waals surface area contributed by atoms with Crippen LogP contribution in [-0.2, 0) is 13.5 Å². The summed E-state index contributed by atoms with van der Waals surface area (Å²) in [6, 6.07) is -0.0105. The van der Waals surface area contributed by atoms with Gasteiger partial charge in [0.1, 0.15) is 0 Å². The molecule has 0 saturated heterocycles. The van der Waals surface area contributed by atoms with Gasteiger partial charge in [0, 0.05) is 18.8 Å². The Labute approximate surface area is 78.4 Å². The normalized spacial score (nSPS) is 12.8. The molecular formula is C9H16N4. The minimum absolute atomic E-state index is 0.0105. The number of nitrogens with one attached hydrogen (secondary N) is 1. The first kappa shape index (κ1) is 9.95. The van der Waals surface area contributed by atoms with E-state index >= 15 is 0 Å². The van der Waals surface area contributed by atoms with Crippen LogP contribution in [0.1, 0.15) is 24.2 Å². The number of aryl methyl sites for hydroxylation is 2. The molecule has 0 aliphatic carbocycles. The molecule has 1 aromatic heterocycles. The quantitative estimate of drug-likeness (QED) is 0.407. The van der Waals surface area contributed by atoms with Crippen LogP contribution >= 0.6 is 0 Å². The minimum atomic E-state index is -0.0105. The molecule has 0 fully saturated rings. The van der Waals surface area contributed by atoms with E-state index in [1.165, 1.54) is 0 Å². The topological polar surface area (TPSA) is 55.9 Å². The number of hydrogen-bond acceptors (Lipinski definition) is 3. The lowest BCUT2D eigenvalue weighted by Gasteiger charge is -2.09. The van der Waals surface area contributed by atoms with Crippen molar-refractivity contribution in [3.05, 3.63) is 30.1 Å². The summed E-state index contributed by atoms with van der Waals surface area (Å²) < 4.78 is 1.79. The Morgan fingerprint density at radius 1 is 1.85 bits per heavy atom. The first-order valence-corrected chi connectivity index (χ1v) is 4.34. The maximum Gasteiger partial charge on any atom is 0.0673 e. The molecule has 1 heterocycles. The van der Waals surface area contributed by atoms with Crippen LogP contribution in [-0.4, -0.2) is 9.78 Å². The lowest BCUT2D eigenvalue weighted by molar-refractivity contribution is 0.650. The molecule has 0 saturated carbocycles. The van der Waals surface area contributed by atoms with Gasteiger partial charge >= 0.3 is 0 Å². The number of hydrogen-bond donors (Lipinski definition) is 2. The first-order valence-electron chi connectivity index (χ1n) is 4.34. The summed E-state index contributed by atoms with van der Waals surface area (Å²) in [7, 11) is 1.90. The number of nitrogens with two attached hydrogens (primary N) is 1. The van der Waals surface area contributed by atoms with Crippen molar-refractivity contribution in [1.29, 1.82) is 0 Å². The fourth-order valence-corrected chi connectivity index (χ4v) is 1.37. The fourth-order valence-electron chi connectivity index (χ4n) is 1.37. The molecule has 0 aliphatic rings. The summed E-state index contributed by atoms with van der Waals surface area (Å²) in [4.78, 5) is 0. The van der Waals surface area contributed by atoms with Crippen LogP contribution in [0.25, 0.3) is 0 Å². The Balaban J connectivity index is 3.02. The van der Waals surface area contributed by atoms with Crippen LogP contribution in [0, 0.1) is 0 Å². The molecule has 0 spiro atoms. The van der Waals surface area contributed by atoms with Crippen LogP contribution in [0.5, 0.6) is 0 Å². The van der Waals surface area contributed by atoms with Gasteiger partial charge in [-0.2, -0.15) is 5.10 Å². The second-order valence-corrected chi connectivity index (χ2v) is 2.94. The van der Waals surface area contributed by atoms with E-state index in [2.05, 4.69) is 24.0 Å². The molecule has 13 heavy (non-hydrogen) atoms. The third-order valence-electron chi connectivity index (χ3n) is 2.02. The standard InChI is InChI=1S/C9H16N4/c1-4-8(11-10)7-6-13(3)12-9(7)5-2/h4,6,8,11H,1,5,10H2,2-3H3. The van der Waals surface area contributed by atoms with Crippen molar-refractivity contribution < 1.29 is 0 Å². The number of aromatic nitrogens is 2. The van der Waals surface area contributed by atoms with Crippen molar-refractivity contribution in [2.24, 2.45) is 12.9 Å². The van der Waals surface area contributed by atoms with Crippen LogP contribution < -0.4 is 11.3 Å². The number of nitrogens with zero attached hydrogens (tertiary/aromatic N) is 2. The van der Waals surface area contributed by atoms with Gasteiger partial charge in [-0.05, 0) is 6.42 Å².